The minimum absolute atomic E-state index is 0. The van der Waals surface area contributed by atoms with Gasteiger partial charge in [0.05, 0.1) is 0 Å². The molecule has 2 unspecified atom stereocenters. The minimum Gasteiger partial charge on any atom is -1.00 e. The Morgan fingerprint density at radius 3 is 1.81 bits per heavy atom. The van der Waals surface area contributed by atoms with Crippen LogP contribution in [0.1, 0.15) is 151 Å². The molecule has 0 spiro atoms. The number of hydrogen-bond donors (Lipinski definition) is 0. The topological polar surface area (TPSA) is 0 Å². The van der Waals surface area contributed by atoms with Gasteiger partial charge in [0, 0.05) is 0 Å². The summed E-state index contributed by atoms with van der Waals surface area (Å²) in [7, 11) is 0. The Bertz CT molecular complexity index is 2340. The van der Waals surface area contributed by atoms with E-state index < -0.39 is 0 Å². The Hall–Kier alpha value is -2.57. The van der Waals surface area contributed by atoms with Crippen LogP contribution in [0.2, 0.25) is 0 Å². The van der Waals surface area contributed by atoms with Crippen LogP contribution in [0.15, 0.2) is 120 Å². The summed E-state index contributed by atoms with van der Waals surface area (Å²) in [5.74, 6) is 7.47. The molecule has 2 atom stereocenters. The second kappa shape index (κ2) is 17.9. The van der Waals surface area contributed by atoms with Crippen LogP contribution in [-0.2, 0) is 30.7 Å². The van der Waals surface area contributed by atoms with Crippen molar-refractivity contribution in [1.29, 1.82) is 0 Å². The van der Waals surface area contributed by atoms with Crippen LogP contribution in [0.3, 0.4) is 0 Å². The zero-order valence-corrected chi connectivity index (χ0v) is 44.2. The predicted octanol–water partition coefficient (Wildman–Crippen LogP) is 9.65. The summed E-state index contributed by atoms with van der Waals surface area (Å²) >= 11 is 1.46. The van der Waals surface area contributed by atoms with Gasteiger partial charge in [-0.2, -0.15) is 34.4 Å². The fourth-order valence-electron chi connectivity index (χ4n) is 14.4. The van der Waals surface area contributed by atoms with E-state index >= 15 is 0 Å². The Kier molecular flexibility index (Phi) is 13.8. The second-order valence-electron chi connectivity index (χ2n) is 22.5. The van der Waals surface area contributed by atoms with Crippen molar-refractivity contribution in [3.05, 3.63) is 170 Å². The molecule has 0 N–H and O–H groups in total. The minimum atomic E-state index is 0. The molecule has 4 aromatic rings. The van der Waals surface area contributed by atoms with Crippen LogP contribution in [0, 0.1) is 77.9 Å². The van der Waals surface area contributed by atoms with Gasteiger partial charge in [-0.1, -0.05) is 126 Å². The molecule has 332 valence electrons. The van der Waals surface area contributed by atoms with Crippen LogP contribution in [-0.4, -0.2) is 3.21 Å². The number of benzene rings is 3. The van der Waals surface area contributed by atoms with E-state index in [9.17, 15) is 0 Å². The van der Waals surface area contributed by atoms with E-state index in [2.05, 4.69) is 179 Å². The Morgan fingerprint density at radius 2 is 1.27 bits per heavy atom. The standard InChI is InChI=1S/C29H37.C16H21.C15H14.2ClH.Zr/c1-18-25-22-17-19-13-9-10-14-20(19)24(22)21-15-11-12-16-23(21)29(25,8)28(6,7)27(4,5)26(18,2)3;1-10-2-3-13(4-10)16-14-6-11-5-12(8-14)9-15(16)7-11;1-12-3-7-14(8-4-12)11-15-9-5-13(2)6-10-15;;;/h9-11,13-15,23H,12,16-17H2,1-8H3;2-4,11-12,14-16H,5-9H2,1H3;3-10H,1-2H3;2*1H;/q2*-1;;;;+2/p-2. The van der Waals surface area contributed by atoms with Crippen LogP contribution in [0.4, 0.5) is 0 Å². The van der Waals surface area contributed by atoms with Crippen molar-refractivity contribution in [1.82, 2.24) is 0 Å². The van der Waals surface area contributed by atoms with E-state index in [1.807, 2.05) is 0 Å². The van der Waals surface area contributed by atoms with E-state index in [1.54, 1.807) is 65.9 Å². The quantitative estimate of drug-likeness (QED) is 0.180. The molecular formula is C60H72Cl2Zr-2. The monoisotopic (exact) mass is 952 g/mol. The third kappa shape index (κ3) is 7.91. The summed E-state index contributed by atoms with van der Waals surface area (Å²) < 4.78 is 1.42. The van der Waals surface area contributed by atoms with Gasteiger partial charge in [-0.25, -0.2) is 12.0 Å². The maximum atomic E-state index is 2.62. The van der Waals surface area contributed by atoms with Crippen molar-refractivity contribution >= 4 is 8.78 Å². The first-order valence-corrected chi connectivity index (χ1v) is 25.2. The molecule has 4 aromatic carbocycles. The van der Waals surface area contributed by atoms with E-state index in [0.717, 1.165) is 36.0 Å². The van der Waals surface area contributed by atoms with Gasteiger partial charge in [-0.05, 0) is 96.3 Å². The van der Waals surface area contributed by atoms with Crippen LogP contribution in [0.25, 0.3) is 5.57 Å². The van der Waals surface area contributed by atoms with E-state index in [-0.39, 0.29) is 46.5 Å². The van der Waals surface area contributed by atoms with Crippen LogP contribution in [0.5, 0.6) is 0 Å². The molecule has 0 aromatic heterocycles. The molecule has 4 bridgehead atoms. The molecule has 0 heterocycles. The number of allylic oxidation sites excluding steroid dienone is 6. The van der Waals surface area contributed by atoms with Gasteiger partial charge in [-0.3, -0.25) is 0 Å². The molecule has 8 aliphatic carbocycles. The molecule has 0 nitrogen and oxygen atoms in total. The summed E-state index contributed by atoms with van der Waals surface area (Å²) in [4.78, 5) is 0. The average Bonchev–Trinajstić information content (AvgIpc) is 3.84. The molecule has 5 fully saturated rings. The van der Waals surface area contributed by atoms with Crippen LogP contribution >= 0.6 is 0 Å². The molecule has 3 heteroatoms. The number of fused-ring (bicyclic) bond motifs is 6. The molecule has 0 amide bonds. The average molecular weight is 955 g/mol. The largest absolute Gasteiger partial charge is 1.00 e. The van der Waals surface area contributed by atoms with Gasteiger partial charge < -0.3 is 24.8 Å². The summed E-state index contributed by atoms with van der Waals surface area (Å²) in [5.41, 5.74) is 18.7. The van der Waals surface area contributed by atoms with Gasteiger partial charge in [0.2, 0.25) is 0 Å². The Morgan fingerprint density at radius 1 is 0.714 bits per heavy atom. The zero-order valence-electron chi connectivity index (χ0n) is 40.2. The van der Waals surface area contributed by atoms with Crippen molar-refractivity contribution in [3.8, 4) is 0 Å². The predicted molar refractivity (Wildman–Crippen MR) is 256 cm³/mol. The van der Waals surface area contributed by atoms with Gasteiger partial charge in [0.1, 0.15) is 0 Å². The first-order valence-electron chi connectivity index (χ1n) is 24.0. The van der Waals surface area contributed by atoms with Gasteiger partial charge >= 0.3 is 112 Å². The number of rotatable bonds is 3. The van der Waals surface area contributed by atoms with Gasteiger partial charge in [0.15, 0.2) is 0 Å². The summed E-state index contributed by atoms with van der Waals surface area (Å²) in [6.45, 7) is 26.8. The molecule has 0 radical (unpaired) electrons. The molecule has 5 saturated carbocycles. The maximum absolute atomic E-state index is 2.62. The fourth-order valence-corrected chi connectivity index (χ4v) is 15.3. The normalized spacial score (nSPS) is 29.4. The third-order valence-electron chi connectivity index (χ3n) is 19.0. The molecular weight excluding hydrogens is 883 g/mol. The molecule has 63 heavy (non-hydrogen) atoms. The van der Waals surface area contributed by atoms with Crippen molar-refractivity contribution in [2.45, 2.75) is 133 Å². The Labute approximate surface area is 409 Å². The summed E-state index contributed by atoms with van der Waals surface area (Å²) in [5, 5.41) is 0. The van der Waals surface area contributed by atoms with Crippen LogP contribution < -0.4 is 24.8 Å². The third-order valence-corrected chi connectivity index (χ3v) is 20.4. The summed E-state index contributed by atoms with van der Waals surface area (Å²) in [6.07, 6.45) is 16.2. The first-order chi connectivity index (χ1) is 28.9. The van der Waals surface area contributed by atoms with E-state index in [0.29, 0.717) is 5.92 Å². The second-order valence-corrected chi connectivity index (χ2v) is 23.8. The van der Waals surface area contributed by atoms with Gasteiger partial charge in [0.25, 0.3) is 0 Å². The van der Waals surface area contributed by atoms with Crippen molar-refractivity contribution in [2.75, 3.05) is 0 Å². The number of hydrogen-bond acceptors (Lipinski definition) is 0. The molecule has 0 aliphatic heterocycles. The van der Waals surface area contributed by atoms with Crippen molar-refractivity contribution in [2.24, 2.45) is 51.2 Å². The SMILES string of the molecule is C[C-]1C2=C3Cc4ccccc4C3=C3C=CCCC3C2(C)C(C)(C)C(C)(C)C1(C)C.Cc1cc(C2C3CC4CC(C3)CC2C4)c[cH-]1.Cc1ccc([C](=[Zr+2])c2ccc(C)cc2)cc1.[Cl-].[Cl-]. The van der Waals surface area contributed by atoms with Gasteiger partial charge in [-0.15, -0.1) is 6.92 Å². The maximum Gasteiger partial charge on any atom is -1.00 e. The number of halogens is 2. The fraction of sp³-hybridized carbons (Fsp3) is 0.483. The van der Waals surface area contributed by atoms with Crippen molar-refractivity contribution < 1.29 is 49.0 Å². The molecule has 0 saturated heterocycles. The molecule has 12 rings (SSSR count). The Balaban J connectivity index is 0.000000150. The number of aryl methyl sites for hydroxylation is 3. The molecule has 8 aliphatic rings. The van der Waals surface area contributed by atoms with E-state index in [4.69, 9.17) is 0 Å². The van der Waals surface area contributed by atoms with E-state index in [1.165, 1.54) is 79.2 Å². The first kappa shape index (κ1) is 48.4. The summed E-state index contributed by atoms with van der Waals surface area (Å²) in [6, 6.07) is 33.9. The zero-order chi connectivity index (χ0) is 43.2. The smallest absolute Gasteiger partial charge is 1.00 e. The van der Waals surface area contributed by atoms with Crippen molar-refractivity contribution in [3.63, 3.8) is 0 Å².